The van der Waals surface area contributed by atoms with Crippen LogP contribution in [0.4, 0.5) is 5.13 Å². The molecule has 2 amide bonds. The quantitative estimate of drug-likeness (QED) is 0.662. The molecule has 0 bridgehead atoms. The molecule has 0 saturated carbocycles. The number of hydrogen-bond acceptors (Lipinski definition) is 5. The molecular formula is C19H21N3O3S. The van der Waals surface area contributed by atoms with E-state index in [-0.39, 0.29) is 11.8 Å². The summed E-state index contributed by atoms with van der Waals surface area (Å²) in [6.07, 6.45) is 1.48. The number of aromatic nitrogens is 1. The fourth-order valence-electron chi connectivity index (χ4n) is 2.50. The van der Waals surface area contributed by atoms with E-state index in [0.717, 1.165) is 27.3 Å². The van der Waals surface area contributed by atoms with Crippen LogP contribution in [0.2, 0.25) is 0 Å². The number of carbonyl (C=O) groups excluding carboxylic acids is 2. The molecule has 0 unspecified atom stereocenters. The van der Waals surface area contributed by atoms with Crippen molar-refractivity contribution in [3.63, 3.8) is 0 Å². The van der Waals surface area contributed by atoms with E-state index in [1.165, 1.54) is 11.3 Å². The first kappa shape index (κ1) is 18.1. The molecule has 0 radical (unpaired) electrons. The van der Waals surface area contributed by atoms with Gasteiger partial charge in [-0.25, -0.2) is 4.98 Å². The summed E-state index contributed by atoms with van der Waals surface area (Å²) in [4.78, 5) is 27.9. The Morgan fingerprint density at radius 2 is 2.04 bits per heavy atom. The highest BCUT2D eigenvalue weighted by Crippen LogP contribution is 2.27. The van der Waals surface area contributed by atoms with Crippen LogP contribution >= 0.6 is 11.3 Å². The molecular weight excluding hydrogens is 350 g/mol. The van der Waals surface area contributed by atoms with Gasteiger partial charge in [0.25, 0.3) is 0 Å². The lowest BCUT2D eigenvalue weighted by atomic mass is 10.1. The van der Waals surface area contributed by atoms with E-state index in [2.05, 4.69) is 15.6 Å². The molecule has 1 aromatic carbocycles. The minimum atomic E-state index is -0.0484. The van der Waals surface area contributed by atoms with Crippen molar-refractivity contribution in [3.8, 4) is 0 Å². The summed E-state index contributed by atoms with van der Waals surface area (Å²) in [5, 5.41) is 6.25. The third-order valence-corrected chi connectivity index (χ3v) is 4.85. The van der Waals surface area contributed by atoms with Crippen LogP contribution in [-0.2, 0) is 22.6 Å². The average Bonchev–Trinajstić information content (AvgIpc) is 3.22. The highest BCUT2D eigenvalue weighted by atomic mass is 32.1. The van der Waals surface area contributed by atoms with Crippen molar-refractivity contribution in [3.05, 3.63) is 47.4 Å². The van der Waals surface area contributed by atoms with E-state index in [0.29, 0.717) is 30.9 Å². The number of hydrogen-bond donors (Lipinski definition) is 2. The molecule has 2 aromatic heterocycles. The van der Waals surface area contributed by atoms with Gasteiger partial charge >= 0.3 is 0 Å². The predicted molar refractivity (Wildman–Crippen MR) is 102 cm³/mol. The minimum Gasteiger partial charge on any atom is -0.465 e. The number of carbonyl (C=O) groups is 2. The normalized spacial score (nSPS) is 10.8. The first-order valence-corrected chi connectivity index (χ1v) is 9.36. The summed E-state index contributed by atoms with van der Waals surface area (Å²) >= 11 is 1.44. The van der Waals surface area contributed by atoms with Crippen LogP contribution in [0.1, 0.15) is 36.8 Å². The van der Waals surface area contributed by atoms with E-state index >= 15 is 0 Å². The zero-order valence-corrected chi connectivity index (χ0v) is 15.6. The lowest BCUT2D eigenvalue weighted by molar-refractivity contribution is -0.121. The van der Waals surface area contributed by atoms with Crippen molar-refractivity contribution in [2.45, 2.75) is 39.7 Å². The topological polar surface area (TPSA) is 84.2 Å². The zero-order valence-electron chi connectivity index (χ0n) is 14.8. The molecule has 0 fully saturated rings. The van der Waals surface area contributed by atoms with Gasteiger partial charge in [0, 0.05) is 12.8 Å². The maximum Gasteiger partial charge on any atom is 0.225 e. The second kappa shape index (κ2) is 8.14. The number of furan rings is 1. The van der Waals surface area contributed by atoms with Crippen LogP contribution in [0.3, 0.4) is 0 Å². The van der Waals surface area contributed by atoms with Crippen molar-refractivity contribution in [2.75, 3.05) is 5.32 Å². The summed E-state index contributed by atoms with van der Waals surface area (Å²) in [6.45, 7) is 4.08. The SMILES string of the molecule is CCC(=O)Nc1nc2ccc(CCC(=O)NCc3ccc(C)o3)cc2s1. The molecule has 7 heteroatoms. The largest absolute Gasteiger partial charge is 0.465 e. The van der Waals surface area contributed by atoms with Gasteiger partial charge in [0.2, 0.25) is 11.8 Å². The van der Waals surface area contributed by atoms with E-state index < -0.39 is 0 Å². The summed E-state index contributed by atoms with van der Waals surface area (Å²) in [5.74, 6) is 1.53. The number of nitrogens with one attached hydrogen (secondary N) is 2. The molecule has 0 aliphatic carbocycles. The van der Waals surface area contributed by atoms with Gasteiger partial charge in [-0.1, -0.05) is 24.3 Å². The fourth-order valence-corrected chi connectivity index (χ4v) is 3.44. The van der Waals surface area contributed by atoms with E-state index in [9.17, 15) is 9.59 Å². The Hall–Kier alpha value is -2.67. The first-order valence-electron chi connectivity index (χ1n) is 8.55. The van der Waals surface area contributed by atoms with Crippen LogP contribution in [-0.4, -0.2) is 16.8 Å². The third kappa shape index (κ3) is 4.70. The molecule has 0 aliphatic rings. The van der Waals surface area contributed by atoms with Crippen LogP contribution in [0, 0.1) is 6.92 Å². The Kier molecular flexibility index (Phi) is 5.68. The summed E-state index contributed by atoms with van der Waals surface area (Å²) < 4.78 is 6.43. The van der Waals surface area contributed by atoms with Gasteiger partial charge in [-0.2, -0.15) is 0 Å². The number of nitrogens with zero attached hydrogens (tertiary/aromatic N) is 1. The highest BCUT2D eigenvalue weighted by molar-refractivity contribution is 7.22. The van der Waals surface area contributed by atoms with Crippen molar-refractivity contribution in [1.82, 2.24) is 10.3 Å². The summed E-state index contributed by atoms with van der Waals surface area (Å²) in [7, 11) is 0. The van der Waals surface area contributed by atoms with Gasteiger partial charge in [-0.05, 0) is 43.2 Å². The molecule has 2 N–H and O–H groups in total. The second-order valence-corrected chi connectivity index (χ2v) is 7.04. The Labute approximate surface area is 155 Å². The average molecular weight is 371 g/mol. The van der Waals surface area contributed by atoms with Gasteiger partial charge in [-0.3, -0.25) is 9.59 Å². The van der Waals surface area contributed by atoms with Crippen LogP contribution in [0.25, 0.3) is 10.2 Å². The maximum absolute atomic E-state index is 12.0. The van der Waals surface area contributed by atoms with Crippen LogP contribution < -0.4 is 10.6 Å². The molecule has 26 heavy (non-hydrogen) atoms. The van der Waals surface area contributed by atoms with E-state index in [4.69, 9.17) is 4.42 Å². The number of amides is 2. The molecule has 2 heterocycles. The summed E-state index contributed by atoms with van der Waals surface area (Å²) in [6, 6.07) is 9.66. The van der Waals surface area contributed by atoms with E-state index in [1.54, 1.807) is 6.92 Å². The number of benzene rings is 1. The van der Waals surface area contributed by atoms with E-state index in [1.807, 2.05) is 37.3 Å². The number of anilines is 1. The van der Waals surface area contributed by atoms with Crippen molar-refractivity contribution in [1.29, 1.82) is 0 Å². The van der Waals surface area contributed by atoms with Crippen LogP contribution in [0.15, 0.2) is 34.7 Å². The molecule has 3 aromatic rings. The number of fused-ring (bicyclic) bond motifs is 1. The van der Waals surface area contributed by atoms with Crippen LogP contribution in [0.5, 0.6) is 0 Å². The smallest absolute Gasteiger partial charge is 0.225 e. The minimum absolute atomic E-state index is 0.0145. The molecule has 0 spiro atoms. The Bertz CT molecular complexity index is 929. The molecule has 136 valence electrons. The Morgan fingerprint density at radius 3 is 2.77 bits per heavy atom. The Morgan fingerprint density at radius 1 is 1.19 bits per heavy atom. The lowest BCUT2D eigenvalue weighted by Gasteiger charge is -2.04. The molecule has 6 nitrogen and oxygen atoms in total. The van der Waals surface area contributed by atoms with Gasteiger partial charge in [0.05, 0.1) is 16.8 Å². The van der Waals surface area contributed by atoms with Gasteiger partial charge < -0.3 is 15.1 Å². The van der Waals surface area contributed by atoms with Gasteiger partial charge in [-0.15, -0.1) is 0 Å². The number of rotatable bonds is 7. The van der Waals surface area contributed by atoms with Crippen molar-refractivity contribution < 1.29 is 14.0 Å². The van der Waals surface area contributed by atoms with Crippen molar-refractivity contribution >= 4 is 38.5 Å². The highest BCUT2D eigenvalue weighted by Gasteiger charge is 2.09. The molecule has 0 atom stereocenters. The second-order valence-electron chi connectivity index (χ2n) is 6.01. The first-order chi connectivity index (χ1) is 12.5. The Balaban J connectivity index is 1.54. The van der Waals surface area contributed by atoms with Crippen molar-refractivity contribution in [2.24, 2.45) is 0 Å². The monoisotopic (exact) mass is 371 g/mol. The molecule has 0 saturated heterocycles. The lowest BCUT2D eigenvalue weighted by Crippen LogP contribution is -2.22. The van der Waals surface area contributed by atoms with Gasteiger partial charge in [0.15, 0.2) is 5.13 Å². The zero-order chi connectivity index (χ0) is 18.5. The summed E-state index contributed by atoms with van der Waals surface area (Å²) in [5.41, 5.74) is 1.92. The molecule has 3 rings (SSSR count). The fraction of sp³-hybridized carbons (Fsp3) is 0.316. The predicted octanol–water partition coefficient (Wildman–Crippen LogP) is 3.80. The number of aryl methyl sites for hydroxylation is 2. The maximum atomic E-state index is 12.0. The molecule has 0 aliphatic heterocycles. The third-order valence-electron chi connectivity index (χ3n) is 3.92. The van der Waals surface area contributed by atoms with Gasteiger partial charge in [0.1, 0.15) is 11.5 Å². The standard InChI is InChI=1S/C19H21N3O3S/c1-3-17(23)22-19-21-15-8-5-13(10-16(15)26-19)6-9-18(24)20-11-14-7-4-12(2)25-14/h4-5,7-8,10H,3,6,9,11H2,1-2H3,(H,20,24)(H,21,22,23). The number of thiazole rings is 1.